The maximum atomic E-state index is 13.8. The van der Waals surface area contributed by atoms with Gasteiger partial charge in [-0.1, -0.05) is 35.1 Å². The second-order valence-electron chi connectivity index (χ2n) is 11.8. The molecule has 0 amide bonds. The number of piperidine rings is 1. The SMILES string of the molecule is CC1(O)CC1.Fc1c[c-]cc(Cl)c1.[CH2-]/C=C(\C[CH2-])c1c(CC(=O)C2CCC2)ccc(F)c1C.[CH2-]CN1CCCCC1.[CH2-]C[N-]C.[Cs+].[Cs+].[Cs+]. The standard InChI is InChI=1S/C18H21FO.C7H14N.C6H3ClF.C4H8O.C3H7N.3Cs/c1-4-13(5-2)18-12(3)16(19)10-9-15(18)11-17(20)14-7-6-8-14;1-2-8-6-4-3-5-7-8;7-5-2-1-3-6(8)4-5;1-4(5)2-3-4;1-3-4-2;;;/h4,9-10,14H,1-2,5-8,11H2,3H3;1-7H2;2-4H;5H,2-3H2,1H3;1,3H2,2H3;;;/q-2;2*-1;;-2;3*+1/b13-4+;;;;;;;. The fourth-order valence-electron chi connectivity index (χ4n) is 4.51. The Morgan fingerprint density at radius 3 is 1.98 bits per heavy atom. The molecule has 2 aromatic carbocycles. The second kappa shape index (κ2) is 33.1. The number of nitrogens with zero attached hydrogens (tertiary/aromatic N) is 2. The average Bonchev–Trinajstić information content (AvgIpc) is 3.71. The Bertz CT molecular complexity index is 1150. The summed E-state index contributed by atoms with van der Waals surface area (Å²) in [7, 11) is 1.74. The molecule has 2 aliphatic carbocycles. The van der Waals surface area contributed by atoms with Crippen molar-refractivity contribution in [1.82, 2.24) is 4.90 Å². The molecule has 0 spiro atoms. The Morgan fingerprint density at radius 2 is 1.65 bits per heavy atom. The van der Waals surface area contributed by atoms with E-state index in [-0.39, 0.29) is 236 Å². The van der Waals surface area contributed by atoms with E-state index in [1.165, 1.54) is 56.6 Å². The number of hydrogen-bond donors (Lipinski definition) is 1. The van der Waals surface area contributed by atoms with Gasteiger partial charge < -0.3 is 36.1 Å². The van der Waals surface area contributed by atoms with Crippen LogP contribution in [-0.4, -0.2) is 54.6 Å². The van der Waals surface area contributed by atoms with Crippen LogP contribution in [0, 0.1) is 58.2 Å². The first-order valence-corrected chi connectivity index (χ1v) is 16.3. The van der Waals surface area contributed by atoms with Gasteiger partial charge in [-0.15, -0.1) is 18.7 Å². The molecule has 0 aromatic heterocycles. The summed E-state index contributed by atoms with van der Waals surface area (Å²) < 4.78 is 25.9. The Kier molecular flexibility index (Phi) is 38.8. The van der Waals surface area contributed by atoms with Gasteiger partial charge in [0.15, 0.2) is 0 Å². The van der Waals surface area contributed by atoms with Gasteiger partial charge in [0.1, 0.15) is 11.6 Å². The number of benzene rings is 2. The van der Waals surface area contributed by atoms with Crippen molar-refractivity contribution in [2.24, 2.45) is 5.92 Å². The monoisotopic (exact) mass is 1040 g/mol. The number of aliphatic hydroxyl groups is 1. The third-order valence-corrected chi connectivity index (χ3v) is 8.15. The van der Waals surface area contributed by atoms with Crippen molar-refractivity contribution in [2.45, 2.75) is 83.7 Å². The molecule has 0 radical (unpaired) electrons. The molecule has 3 fully saturated rings. The predicted octanol–water partition coefficient (Wildman–Crippen LogP) is 0.440. The van der Waals surface area contributed by atoms with E-state index in [0.717, 1.165) is 55.3 Å². The number of carbonyl (C=O) groups is 1. The van der Waals surface area contributed by atoms with Crippen LogP contribution in [0.5, 0.6) is 0 Å². The van der Waals surface area contributed by atoms with Gasteiger partial charge >= 0.3 is 207 Å². The minimum Gasteiger partial charge on any atom is -0.691 e. The van der Waals surface area contributed by atoms with Crippen molar-refractivity contribution in [3.05, 3.63) is 109 Å². The summed E-state index contributed by atoms with van der Waals surface area (Å²) >= 11 is 5.37. The molecule has 1 saturated heterocycles. The first-order valence-electron chi connectivity index (χ1n) is 15.9. The van der Waals surface area contributed by atoms with Crippen molar-refractivity contribution in [1.29, 1.82) is 0 Å². The third kappa shape index (κ3) is 25.1. The first-order chi connectivity index (χ1) is 21.4. The quantitative estimate of drug-likeness (QED) is 0.411. The van der Waals surface area contributed by atoms with Crippen LogP contribution in [0.2, 0.25) is 5.02 Å². The molecule has 1 N–H and O–H groups in total. The van der Waals surface area contributed by atoms with Gasteiger partial charge in [-0.05, 0) is 77.1 Å². The maximum absolute atomic E-state index is 13.8. The molecular weight excluding hydrogens is 989 g/mol. The van der Waals surface area contributed by atoms with Crippen LogP contribution in [0.1, 0.15) is 81.4 Å². The van der Waals surface area contributed by atoms with Crippen LogP contribution in [0.25, 0.3) is 10.9 Å². The number of Topliss-reactive ketones (excluding diaryl/α,β-unsaturated/α-hetero) is 1. The minimum atomic E-state index is -0.350. The summed E-state index contributed by atoms with van der Waals surface area (Å²) in [5.41, 5.74) is 2.96. The van der Waals surface area contributed by atoms with E-state index in [4.69, 9.17) is 16.7 Å². The molecule has 1 aliphatic heterocycles. The maximum Gasteiger partial charge on any atom is 1.00 e. The van der Waals surface area contributed by atoms with Crippen molar-refractivity contribution in [2.75, 3.05) is 33.2 Å². The summed E-state index contributed by atoms with van der Waals surface area (Å²) in [5, 5.41) is 12.6. The van der Waals surface area contributed by atoms with E-state index in [1.807, 2.05) is 6.92 Å². The molecule has 2 aromatic rings. The van der Waals surface area contributed by atoms with E-state index in [9.17, 15) is 13.6 Å². The van der Waals surface area contributed by atoms with E-state index < -0.39 is 0 Å². The zero-order valence-electron chi connectivity index (χ0n) is 30.7. The molecule has 0 unspecified atom stereocenters. The number of allylic oxidation sites excluding steroid dienone is 2. The number of rotatable bonds is 7. The zero-order chi connectivity index (χ0) is 33.8. The number of ketones is 1. The fourth-order valence-corrected chi connectivity index (χ4v) is 4.68. The molecular formula is C38H53ClCs3F2N2O2-3. The van der Waals surface area contributed by atoms with Crippen molar-refractivity contribution >= 4 is 23.0 Å². The Labute approximate surface area is 473 Å². The number of likely N-dealkylation sites (tertiary alicyclic amines) is 1. The molecule has 48 heavy (non-hydrogen) atoms. The van der Waals surface area contributed by atoms with E-state index in [0.29, 0.717) is 30.0 Å². The van der Waals surface area contributed by atoms with Gasteiger partial charge in [-0.25, -0.2) is 29.4 Å². The Morgan fingerprint density at radius 1 is 1.08 bits per heavy atom. The second-order valence-corrected chi connectivity index (χ2v) is 12.2. The van der Waals surface area contributed by atoms with Crippen LogP contribution in [0.15, 0.2) is 36.4 Å². The smallest absolute Gasteiger partial charge is 0.691 e. The molecule has 10 heteroatoms. The van der Waals surface area contributed by atoms with E-state index in [1.54, 1.807) is 26.1 Å². The summed E-state index contributed by atoms with van der Waals surface area (Å²) in [5.74, 6) is -0.110. The van der Waals surface area contributed by atoms with Crippen molar-refractivity contribution < 1.29 is 225 Å². The number of halogens is 3. The molecule has 0 bridgehead atoms. The summed E-state index contributed by atoms with van der Waals surface area (Å²) in [6.07, 6.45) is 12.0. The molecule has 5 rings (SSSR count). The van der Waals surface area contributed by atoms with Crippen molar-refractivity contribution in [3.8, 4) is 0 Å². The molecule has 0 atom stereocenters. The van der Waals surface area contributed by atoms with Gasteiger partial charge in [0.2, 0.25) is 0 Å². The van der Waals surface area contributed by atoms with Gasteiger partial charge in [0, 0.05) is 18.2 Å². The van der Waals surface area contributed by atoms with Gasteiger partial charge in [-0.2, -0.15) is 30.8 Å². The number of hydrogen-bond acceptors (Lipinski definition) is 3. The normalized spacial score (nSPS) is 15.9. The average molecular weight is 1040 g/mol. The molecule has 1 heterocycles. The van der Waals surface area contributed by atoms with Crippen LogP contribution < -0.4 is 207 Å². The number of carbonyl (C=O) groups excluding carboxylic acids is 1. The Balaban J connectivity index is -0.000000601. The first kappa shape index (κ1) is 56.2. The van der Waals surface area contributed by atoms with E-state index in [2.05, 4.69) is 44.0 Å². The minimum absolute atomic E-state index is 0. The molecule has 3 aliphatic rings. The van der Waals surface area contributed by atoms with Crippen LogP contribution >= 0.6 is 11.6 Å². The Hall–Kier alpha value is 3.91. The van der Waals surface area contributed by atoms with Gasteiger partial charge in [0.25, 0.3) is 0 Å². The van der Waals surface area contributed by atoms with Crippen LogP contribution in [0.4, 0.5) is 8.78 Å². The molecule has 254 valence electrons. The summed E-state index contributed by atoms with van der Waals surface area (Å²) in [6, 6.07) is 9.67. The largest absolute Gasteiger partial charge is 1.00 e. The topological polar surface area (TPSA) is 54.6 Å². The van der Waals surface area contributed by atoms with Gasteiger partial charge in [-0.3, -0.25) is 15.7 Å². The van der Waals surface area contributed by atoms with E-state index >= 15 is 0 Å². The predicted molar refractivity (Wildman–Crippen MR) is 186 cm³/mol. The summed E-state index contributed by atoms with van der Waals surface area (Å²) in [6.45, 7) is 22.8. The van der Waals surface area contributed by atoms with Crippen LogP contribution in [0.3, 0.4) is 0 Å². The van der Waals surface area contributed by atoms with Crippen LogP contribution in [-0.2, 0) is 11.2 Å². The molecule has 4 nitrogen and oxygen atoms in total. The fraction of sp³-hybridized carbons (Fsp3) is 0.500. The van der Waals surface area contributed by atoms with Crippen molar-refractivity contribution in [3.63, 3.8) is 0 Å². The van der Waals surface area contributed by atoms with Gasteiger partial charge in [0.05, 0.1) is 5.60 Å². The summed E-state index contributed by atoms with van der Waals surface area (Å²) in [4.78, 5) is 14.6. The third-order valence-electron chi connectivity index (χ3n) is 7.93. The zero-order valence-corrected chi connectivity index (χ0v) is 50.2. The molecule has 2 saturated carbocycles.